The van der Waals surface area contributed by atoms with Gasteiger partial charge in [0.15, 0.2) is 0 Å². The van der Waals surface area contributed by atoms with Crippen molar-refractivity contribution in [2.45, 2.75) is 38.1 Å². The van der Waals surface area contributed by atoms with E-state index in [1.54, 1.807) is 7.11 Å². The van der Waals surface area contributed by atoms with Gasteiger partial charge in [-0.1, -0.05) is 19.1 Å². The first-order valence-electron chi connectivity index (χ1n) is 9.40. The monoisotopic (exact) mass is 346 g/mol. The zero-order chi connectivity index (χ0) is 17.7. The highest BCUT2D eigenvalue weighted by atomic mass is 16.5. The molecule has 0 N–H and O–H groups in total. The molecular weight excluding hydrogens is 316 g/mol. The Morgan fingerprint density at radius 3 is 2.80 bits per heavy atom. The van der Waals surface area contributed by atoms with E-state index < -0.39 is 0 Å². The quantitative estimate of drug-likeness (QED) is 0.839. The van der Waals surface area contributed by atoms with Crippen LogP contribution < -0.4 is 4.74 Å². The standard InChI is InChI=1S/C20H30N2O3/c1-3-22-11-5-10-21(16-20(22)8-12-25-13-9-20)19(23)15-17-6-4-7-18(14-17)24-2/h4,6-7,14H,3,5,8-13,15-16H2,1-2H3. The molecule has 3 rings (SSSR count). The molecule has 1 aromatic carbocycles. The lowest BCUT2D eigenvalue weighted by Gasteiger charge is -2.46. The summed E-state index contributed by atoms with van der Waals surface area (Å²) >= 11 is 0. The Hall–Kier alpha value is -1.59. The van der Waals surface area contributed by atoms with Gasteiger partial charge in [-0.05, 0) is 43.5 Å². The molecule has 2 saturated heterocycles. The first-order valence-corrected chi connectivity index (χ1v) is 9.40. The lowest BCUT2D eigenvalue weighted by Crippen LogP contribution is -2.57. The summed E-state index contributed by atoms with van der Waals surface area (Å²) in [7, 11) is 1.66. The Bertz CT molecular complexity index is 584. The van der Waals surface area contributed by atoms with Crippen LogP contribution in [0.4, 0.5) is 0 Å². The van der Waals surface area contributed by atoms with Crippen LogP contribution in [0.5, 0.6) is 5.75 Å². The molecule has 2 fully saturated rings. The number of likely N-dealkylation sites (N-methyl/N-ethyl adjacent to an activating group) is 1. The molecular formula is C20H30N2O3. The fraction of sp³-hybridized carbons (Fsp3) is 0.650. The third-order valence-electron chi connectivity index (χ3n) is 5.66. The molecule has 5 heteroatoms. The van der Waals surface area contributed by atoms with E-state index in [-0.39, 0.29) is 11.4 Å². The van der Waals surface area contributed by atoms with Gasteiger partial charge in [0.1, 0.15) is 5.75 Å². The van der Waals surface area contributed by atoms with Crippen molar-refractivity contribution in [1.82, 2.24) is 9.80 Å². The van der Waals surface area contributed by atoms with Crippen molar-refractivity contribution in [3.8, 4) is 5.75 Å². The number of rotatable bonds is 4. The second-order valence-electron chi connectivity index (χ2n) is 7.11. The molecule has 138 valence electrons. The Morgan fingerprint density at radius 2 is 2.08 bits per heavy atom. The molecule has 2 heterocycles. The number of nitrogens with zero attached hydrogens (tertiary/aromatic N) is 2. The molecule has 1 aromatic rings. The predicted octanol–water partition coefficient (Wildman–Crippen LogP) is 2.34. The number of hydrogen-bond donors (Lipinski definition) is 0. The van der Waals surface area contributed by atoms with Crippen molar-refractivity contribution in [3.63, 3.8) is 0 Å². The van der Waals surface area contributed by atoms with Gasteiger partial charge in [0, 0.05) is 38.4 Å². The largest absolute Gasteiger partial charge is 0.497 e. The molecule has 1 spiro atoms. The highest BCUT2D eigenvalue weighted by Gasteiger charge is 2.41. The van der Waals surface area contributed by atoms with Gasteiger partial charge in [-0.3, -0.25) is 9.69 Å². The van der Waals surface area contributed by atoms with Crippen LogP contribution in [0.15, 0.2) is 24.3 Å². The highest BCUT2D eigenvalue weighted by Crippen LogP contribution is 2.31. The van der Waals surface area contributed by atoms with Crippen molar-refractivity contribution >= 4 is 5.91 Å². The summed E-state index contributed by atoms with van der Waals surface area (Å²) in [5, 5.41) is 0. The maximum absolute atomic E-state index is 13.0. The van der Waals surface area contributed by atoms with Gasteiger partial charge >= 0.3 is 0 Å². The van der Waals surface area contributed by atoms with Crippen molar-refractivity contribution in [2.24, 2.45) is 0 Å². The molecule has 1 amide bonds. The van der Waals surface area contributed by atoms with E-state index in [0.29, 0.717) is 6.42 Å². The minimum Gasteiger partial charge on any atom is -0.497 e. The Morgan fingerprint density at radius 1 is 1.28 bits per heavy atom. The van der Waals surface area contributed by atoms with Crippen molar-refractivity contribution < 1.29 is 14.3 Å². The fourth-order valence-corrected chi connectivity index (χ4v) is 4.22. The number of methoxy groups -OCH3 is 1. The first-order chi connectivity index (χ1) is 12.2. The van der Waals surface area contributed by atoms with E-state index in [1.807, 2.05) is 24.3 Å². The second kappa shape index (κ2) is 8.19. The minimum atomic E-state index is 0.0908. The van der Waals surface area contributed by atoms with Gasteiger partial charge < -0.3 is 14.4 Å². The molecule has 0 aromatic heterocycles. The van der Waals surface area contributed by atoms with Crippen LogP contribution in [0.1, 0.15) is 31.7 Å². The number of carbonyl (C=O) groups is 1. The van der Waals surface area contributed by atoms with E-state index in [0.717, 1.165) is 70.0 Å². The molecule has 0 radical (unpaired) electrons. The smallest absolute Gasteiger partial charge is 0.227 e. The maximum atomic E-state index is 13.0. The normalized spacial score (nSPS) is 21.1. The SMILES string of the molecule is CCN1CCCN(C(=O)Cc2cccc(OC)c2)CC12CCOCC2. The molecule has 5 nitrogen and oxygen atoms in total. The first kappa shape index (κ1) is 18.2. The van der Waals surface area contributed by atoms with Crippen LogP contribution in [0.25, 0.3) is 0 Å². The van der Waals surface area contributed by atoms with Gasteiger partial charge in [-0.2, -0.15) is 0 Å². The maximum Gasteiger partial charge on any atom is 0.227 e. The van der Waals surface area contributed by atoms with Crippen LogP contribution in [-0.2, 0) is 16.0 Å². The van der Waals surface area contributed by atoms with Crippen LogP contribution in [0.2, 0.25) is 0 Å². The molecule has 25 heavy (non-hydrogen) atoms. The van der Waals surface area contributed by atoms with Crippen LogP contribution in [-0.4, -0.2) is 67.7 Å². The lowest BCUT2D eigenvalue weighted by molar-refractivity contribution is -0.133. The minimum absolute atomic E-state index is 0.0908. The third kappa shape index (κ3) is 4.15. The summed E-state index contributed by atoms with van der Waals surface area (Å²) < 4.78 is 10.9. The lowest BCUT2D eigenvalue weighted by atomic mass is 9.87. The zero-order valence-corrected chi connectivity index (χ0v) is 15.5. The number of hydrogen-bond acceptors (Lipinski definition) is 4. The molecule has 0 saturated carbocycles. The van der Waals surface area contributed by atoms with Gasteiger partial charge in [0.25, 0.3) is 0 Å². The molecule has 0 aliphatic carbocycles. The van der Waals surface area contributed by atoms with Crippen LogP contribution >= 0.6 is 0 Å². The van der Waals surface area contributed by atoms with Gasteiger partial charge in [0.05, 0.1) is 13.5 Å². The molecule has 0 unspecified atom stereocenters. The van der Waals surface area contributed by atoms with E-state index in [9.17, 15) is 4.79 Å². The van der Waals surface area contributed by atoms with Gasteiger partial charge in [-0.25, -0.2) is 0 Å². The van der Waals surface area contributed by atoms with Gasteiger partial charge in [-0.15, -0.1) is 0 Å². The van der Waals surface area contributed by atoms with Crippen LogP contribution in [0.3, 0.4) is 0 Å². The van der Waals surface area contributed by atoms with Crippen LogP contribution in [0, 0.1) is 0 Å². The molecule has 2 aliphatic heterocycles. The third-order valence-corrected chi connectivity index (χ3v) is 5.66. The molecule has 2 aliphatic rings. The molecule has 0 atom stereocenters. The molecule has 0 bridgehead atoms. The van der Waals surface area contributed by atoms with E-state index in [2.05, 4.69) is 16.7 Å². The van der Waals surface area contributed by atoms with E-state index >= 15 is 0 Å². The number of benzene rings is 1. The van der Waals surface area contributed by atoms with Crippen molar-refractivity contribution in [3.05, 3.63) is 29.8 Å². The zero-order valence-electron chi connectivity index (χ0n) is 15.5. The Balaban J connectivity index is 1.73. The average molecular weight is 346 g/mol. The van der Waals surface area contributed by atoms with Crippen molar-refractivity contribution in [1.29, 1.82) is 0 Å². The Labute approximate surface area is 150 Å². The number of ether oxygens (including phenoxy) is 2. The average Bonchev–Trinajstić information content (AvgIpc) is 2.82. The second-order valence-corrected chi connectivity index (χ2v) is 7.11. The summed E-state index contributed by atoms with van der Waals surface area (Å²) in [4.78, 5) is 17.6. The number of carbonyl (C=O) groups excluding carboxylic acids is 1. The summed E-state index contributed by atoms with van der Waals surface area (Å²) in [6, 6.07) is 7.82. The van der Waals surface area contributed by atoms with E-state index in [4.69, 9.17) is 9.47 Å². The van der Waals surface area contributed by atoms with Crippen molar-refractivity contribution in [2.75, 3.05) is 46.5 Å². The topological polar surface area (TPSA) is 42.0 Å². The highest BCUT2D eigenvalue weighted by molar-refractivity contribution is 5.79. The summed E-state index contributed by atoms with van der Waals surface area (Å²) in [5.74, 6) is 1.02. The Kier molecular flexibility index (Phi) is 5.97. The number of amides is 1. The predicted molar refractivity (Wildman–Crippen MR) is 97.9 cm³/mol. The van der Waals surface area contributed by atoms with E-state index in [1.165, 1.54) is 0 Å². The summed E-state index contributed by atoms with van der Waals surface area (Å²) in [5.41, 5.74) is 1.11. The summed E-state index contributed by atoms with van der Waals surface area (Å²) in [6.45, 7) is 7.61. The van der Waals surface area contributed by atoms with Gasteiger partial charge in [0.2, 0.25) is 5.91 Å². The fourth-order valence-electron chi connectivity index (χ4n) is 4.22. The summed E-state index contributed by atoms with van der Waals surface area (Å²) in [6.07, 6.45) is 3.52.